The minimum atomic E-state index is 0.338. The SMILES string of the molecule is CCCNCC(C)NCCOC(C)C. The molecule has 0 rings (SSSR count). The van der Waals surface area contributed by atoms with Crippen LogP contribution in [0.2, 0.25) is 0 Å². The van der Waals surface area contributed by atoms with Gasteiger partial charge in [0.05, 0.1) is 12.7 Å². The minimum absolute atomic E-state index is 0.338. The van der Waals surface area contributed by atoms with Gasteiger partial charge in [0.15, 0.2) is 0 Å². The summed E-state index contributed by atoms with van der Waals surface area (Å²) >= 11 is 0. The summed E-state index contributed by atoms with van der Waals surface area (Å²) in [6.07, 6.45) is 1.54. The summed E-state index contributed by atoms with van der Waals surface area (Å²) in [5.74, 6) is 0. The molecule has 0 aromatic carbocycles. The normalized spacial score (nSPS) is 13.5. The average Bonchev–Trinajstić information content (AvgIpc) is 2.13. The van der Waals surface area contributed by atoms with Crippen molar-refractivity contribution >= 4 is 0 Å². The molecule has 3 heteroatoms. The van der Waals surface area contributed by atoms with E-state index in [-0.39, 0.29) is 0 Å². The van der Waals surface area contributed by atoms with Crippen molar-refractivity contribution in [3.8, 4) is 0 Å². The lowest BCUT2D eigenvalue weighted by Crippen LogP contribution is -2.38. The van der Waals surface area contributed by atoms with Crippen molar-refractivity contribution < 1.29 is 4.74 Å². The number of nitrogens with one attached hydrogen (secondary N) is 2. The molecule has 0 saturated carbocycles. The van der Waals surface area contributed by atoms with Gasteiger partial charge < -0.3 is 15.4 Å². The van der Waals surface area contributed by atoms with E-state index in [4.69, 9.17) is 4.74 Å². The zero-order chi connectivity index (χ0) is 10.8. The van der Waals surface area contributed by atoms with E-state index in [9.17, 15) is 0 Å². The molecule has 0 aliphatic heterocycles. The molecule has 0 saturated heterocycles. The molecule has 86 valence electrons. The third-order valence-electron chi connectivity index (χ3n) is 1.92. The molecule has 0 radical (unpaired) electrons. The predicted octanol–water partition coefficient (Wildman–Crippen LogP) is 1.39. The molecule has 0 aliphatic carbocycles. The van der Waals surface area contributed by atoms with Crippen LogP contribution in [0.1, 0.15) is 34.1 Å². The van der Waals surface area contributed by atoms with Gasteiger partial charge in [-0.15, -0.1) is 0 Å². The van der Waals surface area contributed by atoms with Crippen molar-refractivity contribution in [1.82, 2.24) is 10.6 Å². The third kappa shape index (κ3) is 9.96. The predicted molar refractivity (Wildman–Crippen MR) is 61.7 cm³/mol. The lowest BCUT2D eigenvalue weighted by Gasteiger charge is -2.15. The average molecular weight is 202 g/mol. The van der Waals surface area contributed by atoms with Gasteiger partial charge in [0.1, 0.15) is 0 Å². The molecule has 0 aromatic rings. The molecule has 0 amide bonds. The number of hydrogen-bond acceptors (Lipinski definition) is 3. The second-order valence-corrected chi connectivity index (χ2v) is 3.98. The Balaban J connectivity index is 3.14. The Bertz CT molecular complexity index is 118. The van der Waals surface area contributed by atoms with Crippen molar-refractivity contribution in [3.05, 3.63) is 0 Å². The van der Waals surface area contributed by atoms with Crippen molar-refractivity contribution in [2.24, 2.45) is 0 Å². The molecule has 2 N–H and O–H groups in total. The van der Waals surface area contributed by atoms with Gasteiger partial charge in [0, 0.05) is 19.1 Å². The van der Waals surface area contributed by atoms with Crippen LogP contribution in [-0.4, -0.2) is 38.4 Å². The van der Waals surface area contributed by atoms with E-state index in [1.807, 2.05) is 0 Å². The smallest absolute Gasteiger partial charge is 0.0594 e. The maximum absolute atomic E-state index is 5.43. The molecule has 14 heavy (non-hydrogen) atoms. The van der Waals surface area contributed by atoms with Crippen molar-refractivity contribution in [3.63, 3.8) is 0 Å². The van der Waals surface area contributed by atoms with E-state index in [0.717, 1.165) is 26.2 Å². The Kier molecular flexibility index (Phi) is 9.35. The van der Waals surface area contributed by atoms with Crippen LogP contribution in [0.15, 0.2) is 0 Å². The monoisotopic (exact) mass is 202 g/mol. The Morgan fingerprint density at radius 2 is 1.86 bits per heavy atom. The van der Waals surface area contributed by atoms with Gasteiger partial charge in [-0.3, -0.25) is 0 Å². The molecule has 0 heterocycles. The van der Waals surface area contributed by atoms with Gasteiger partial charge >= 0.3 is 0 Å². The van der Waals surface area contributed by atoms with Crippen LogP contribution in [0.25, 0.3) is 0 Å². The summed E-state index contributed by atoms with van der Waals surface area (Å²) in [4.78, 5) is 0. The van der Waals surface area contributed by atoms with Gasteiger partial charge in [-0.25, -0.2) is 0 Å². The lowest BCUT2D eigenvalue weighted by molar-refractivity contribution is 0.0796. The van der Waals surface area contributed by atoms with E-state index in [1.165, 1.54) is 6.42 Å². The number of hydrogen-bond donors (Lipinski definition) is 2. The largest absolute Gasteiger partial charge is 0.377 e. The lowest BCUT2D eigenvalue weighted by atomic mass is 10.3. The van der Waals surface area contributed by atoms with Crippen LogP contribution in [0, 0.1) is 0 Å². The Labute approximate surface area is 88.6 Å². The highest BCUT2D eigenvalue weighted by Crippen LogP contribution is 1.86. The van der Waals surface area contributed by atoms with Crippen LogP contribution in [0.5, 0.6) is 0 Å². The van der Waals surface area contributed by atoms with Gasteiger partial charge in [-0.05, 0) is 33.7 Å². The molecule has 0 aromatic heterocycles. The molecule has 1 atom stereocenters. The fourth-order valence-electron chi connectivity index (χ4n) is 1.17. The van der Waals surface area contributed by atoms with Gasteiger partial charge in [-0.1, -0.05) is 6.92 Å². The van der Waals surface area contributed by atoms with Gasteiger partial charge in [-0.2, -0.15) is 0 Å². The van der Waals surface area contributed by atoms with E-state index in [1.54, 1.807) is 0 Å². The van der Waals surface area contributed by atoms with Crippen LogP contribution in [0.4, 0.5) is 0 Å². The maximum Gasteiger partial charge on any atom is 0.0594 e. The quantitative estimate of drug-likeness (QED) is 0.554. The van der Waals surface area contributed by atoms with Gasteiger partial charge in [0.2, 0.25) is 0 Å². The Morgan fingerprint density at radius 3 is 2.43 bits per heavy atom. The number of rotatable bonds is 9. The first kappa shape index (κ1) is 13.9. The minimum Gasteiger partial charge on any atom is -0.377 e. The van der Waals surface area contributed by atoms with E-state index < -0.39 is 0 Å². The first-order chi connectivity index (χ1) is 6.66. The summed E-state index contributed by atoms with van der Waals surface area (Å²) in [5, 5.41) is 6.79. The molecule has 3 nitrogen and oxygen atoms in total. The fourth-order valence-corrected chi connectivity index (χ4v) is 1.17. The third-order valence-corrected chi connectivity index (χ3v) is 1.92. The van der Waals surface area contributed by atoms with E-state index >= 15 is 0 Å². The van der Waals surface area contributed by atoms with E-state index in [0.29, 0.717) is 12.1 Å². The summed E-state index contributed by atoms with van der Waals surface area (Å²) in [6.45, 7) is 12.4. The zero-order valence-corrected chi connectivity index (χ0v) is 10.1. The summed E-state index contributed by atoms with van der Waals surface area (Å²) < 4.78 is 5.43. The molecule has 0 fully saturated rings. The summed E-state index contributed by atoms with van der Waals surface area (Å²) in [5.41, 5.74) is 0. The topological polar surface area (TPSA) is 33.3 Å². The molecule has 0 bridgehead atoms. The summed E-state index contributed by atoms with van der Waals surface area (Å²) in [7, 11) is 0. The number of ether oxygens (including phenoxy) is 1. The second-order valence-electron chi connectivity index (χ2n) is 3.98. The fraction of sp³-hybridized carbons (Fsp3) is 1.00. The standard InChI is InChI=1S/C11H26N2O/c1-5-6-12-9-11(4)13-7-8-14-10(2)3/h10-13H,5-9H2,1-4H3. The first-order valence-electron chi connectivity index (χ1n) is 5.72. The highest BCUT2D eigenvalue weighted by molar-refractivity contribution is 4.63. The highest BCUT2D eigenvalue weighted by Gasteiger charge is 1.99. The molecule has 0 aliphatic rings. The van der Waals surface area contributed by atoms with Crippen molar-refractivity contribution in [1.29, 1.82) is 0 Å². The van der Waals surface area contributed by atoms with Crippen LogP contribution in [0.3, 0.4) is 0 Å². The molecule has 0 spiro atoms. The van der Waals surface area contributed by atoms with Gasteiger partial charge in [0.25, 0.3) is 0 Å². The van der Waals surface area contributed by atoms with Crippen molar-refractivity contribution in [2.75, 3.05) is 26.2 Å². The van der Waals surface area contributed by atoms with Crippen LogP contribution in [-0.2, 0) is 4.74 Å². The van der Waals surface area contributed by atoms with E-state index in [2.05, 4.69) is 38.3 Å². The van der Waals surface area contributed by atoms with Crippen molar-refractivity contribution in [2.45, 2.75) is 46.3 Å². The molecule has 1 unspecified atom stereocenters. The Morgan fingerprint density at radius 1 is 1.14 bits per heavy atom. The zero-order valence-electron chi connectivity index (χ0n) is 10.1. The first-order valence-corrected chi connectivity index (χ1v) is 5.72. The Hall–Kier alpha value is -0.120. The second kappa shape index (κ2) is 9.44. The molecular weight excluding hydrogens is 176 g/mol. The maximum atomic E-state index is 5.43. The summed E-state index contributed by atoms with van der Waals surface area (Å²) in [6, 6.07) is 0.525. The highest BCUT2D eigenvalue weighted by atomic mass is 16.5. The van der Waals surface area contributed by atoms with Crippen LogP contribution < -0.4 is 10.6 Å². The van der Waals surface area contributed by atoms with Crippen LogP contribution >= 0.6 is 0 Å². The molecular formula is C11H26N2O.